The zero-order valence-electron chi connectivity index (χ0n) is 43.5. The number of methoxy groups -OCH3 is 2. The number of rotatable bonds is 10. The summed E-state index contributed by atoms with van der Waals surface area (Å²) < 4.78 is 34.2. The van der Waals surface area contributed by atoms with Crippen LogP contribution in [0.15, 0.2) is 41.4 Å². The Hall–Kier alpha value is -6.78. The number of carbonyl (C=O) groups is 5. The third kappa shape index (κ3) is 9.60. The van der Waals surface area contributed by atoms with Crippen molar-refractivity contribution in [2.24, 2.45) is 16.5 Å². The minimum Gasteiger partial charge on any atom is -0.507 e. The van der Waals surface area contributed by atoms with Crippen molar-refractivity contribution >= 4 is 34.6 Å². The minimum atomic E-state index is -2.24. The average molecular weight is 1120 g/mol. The lowest BCUT2D eigenvalue weighted by atomic mass is 9.71. The molecule has 4 aromatic carbocycles. The largest absolute Gasteiger partial charge is 0.507 e. The Morgan fingerprint density at radius 1 is 0.625 bits per heavy atom. The Labute approximate surface area is 457 Å². The van der Waals surface area contributed by atoms with Crippen LogP contribution in [0.5, 0.6) is 34.5 Å². The van der Waals surface area contributed by atoms with E-state index in [1.807, 2.05) is 0 Å². The summed E-state index contributed by atoms with van der Waals surface area (Å²) in [7, 11) is 4.05. The van der Waals surface area contributed by atoms with Crippen LogP contribution in [0, 0.1) is 0 Å². The fourth-order valence-corrected chi connectivity index (χ4v) is 11.8. The highest BCUT2D eigenvalue weighted by molar-refractivity contribution is 6.32. The number of nitrogens with two attached hydrogens (primary N) is 2. The third-order valence-electron chi connectivity index (χ3n) is 15.9. The van der Waals surface area contributed by atoms with Gasteiger partial charge in [-0.15, -0.1) is 0 Å². The number of carbonyl (C=O) groups excluding carboxylic acids is 5. The first-order valence-corrected chi connectivity index (χ1v) is 25.3. The first-order valence-electron chi connectivity index (χ1n) is 25.3. The standard InChI is InChI=1S/C28H32N2O10.C27H29NO11.CH4/c1-11-23(32)14(29)7-18(39-11)40-16-9-28(37,17(10-31)30-2)8-13-20(16)27(36)22-21(25(13)34)24(33)12-5-4-6-15(38-3)19(12)26(22)35;1-10-22(31)13(28)6-17(38-10)39-15-8-27(36,16(30)9-29)7-12-19(15)26(35)21-20(24(12)33)23(32)11-4-3-5-14(37-2)18(11)25(21)34;/h4-6,11,14,16,18,23,31-32,34,36-37H,7-10,29H2,1-3H3;3-5,10,13,15,17,22,29,31,33,35-36H,6-9,28H2,1-2H3;1H4/t11?,14?,16-,18?,23?,28-;10?,13?,15-,17?,22?,27-;/m00./s1. The maximum Gasteiger partial charge on any atom is 0.202 e. The number of aromatic hydroxyl groups is 4. The molecule has 0 spiro atoms. The predicted molar refractivity (Wildman–Crippen MR) is 279 cm³/mol. The van der Waals surface area contributed by atoms with E-state index in [2.05, 4.69) is 4.99 Å². The lowest BCUT2D eigenvalue weighted by Gasteiger charge is -2.43. The average Bonchev–Trinajstić information content (AvgIpc) is 3.45. The Morgan fingerprint density at radius 2 is 1.01 bits per heavy atom. The van der Waals surface area contributed by atoms with E-state index in [-0.39, 0.29) is 94.8 Å². The summed E-state index contributed by atoms with van der Waals surface area (Å²) in [6.45, 7) is 1.57. The van der Waals surface area contributed by atoms with Gasteiger partial charge in [0.15, 0.2) is 29.9 Å². The molecule has 24 heteroatoms. The van der Waals surface area contributed by atoms with Crippen molar-refractivity contribution in [2.75, 3.05) is 34.5 Å². The van der Waals surface area contributed by atoms with Crippen molar-refractivity contribution in [1.29, 1.82) is 0 Å². The Kier molecular flexibility index (Phi) is 16.5. The molecular formula is C56H65N3O21. The van der Waals surface area contributed by atoms with E-state index in [1.54, 1.807) is 13.8 Å². The molecule has 12 atom stereocenters. The van der Waals surface area contributed by atoms with Gasteiger partial charge in [-0.25, -0.2) is 0 Å². The summed E-state index contributed by atoms with van der Waals surface area (Å²) in [5, 5.41) is 109. The van der Waals surface area contributed by atoms with Crippen LogP contribution in [-0.2, 0) is 36.6 Å². The van der Waals surface area contributed by atoms with Gasteiger partial charge in [-0.1, -0.05) is 31.7 Å². The van der Waals surface area contributed by atoms with Gasteiger partial charge in [0.2, 0.25) is 11.6 Å². The first-order chi connectivity index (χ1) is 37.4. The number of phenols is 4. The molecule has 2 fully saturated rings. The molecule has 8 unspecified atom stereocenters. The van der Waals surface area contributed by atoms with E-state index >= 15 is 0 Å². The molecule has 24 nitrogen and oxygen atoms in total. The topological polar surface area (TPSA) is 407 Å². The van der Waals surface area contributed by atoms with Gasteiger partial charge in [0.05, 0.1) is 96.5 Å². The second kappa shape index (κ2) is 22.3. The number of Topliss-reactive ketones (excluding diaryl/α,β-unsaturated/α-hetero) is 1. The highest BCUT2D eigenvalue weighted by atomic mass is 16.7. The second-order valence-corrected chi connectivity index (χ2v) is 20.6. The van der Waals surface area contributed by atoms with Gasteiger partial charge in [-0.3, -0.25) is 29.0 Å². The van der Waals surface area contributed by atoms with Crippen LogP contribution in [0.25, 0.3) is 0 Å². The molecule has 0 bridgehead atoms. The molecule has 0 amide bonds. The summed E-state index contributed by atoms with van der Waals surface area (Å²) in [6, 6.07) is 7.41. The van der Waals surface area contributed by atoms with E-state index in [4.69, 9.17) is 39.9 Å². The van der Waals surface area contributed by atoms with Gasteiger partial charge in [0, 0.05) is 91.0 Å². The summed E-state index contributed by atoms with van der Waals surface area (Å²) in [4.78, 5) is 71.1. The molecule has 0 aromatic heterocycles. The van der Waals surface area contributed by atoms with Gasteiger partial charge in [0.1, 0.15) is 52.3 Å². The summed E-state index contributed by atoms with van der Waals surface area (Å²) >= 11 is 0. The van der Waals surface area contributed by atoms with Gasteiger partial charge in [0.25, 0.3) is 0 Å². The lowest BCUT2D eigenvalue weighted by molar-refractivity contribution is -0.247. The molecule has 4 aliphatic carbocycles. The number of fused-ring (bicyclic) bond motifs is 6. The number of aliphatic imine (C=N–C) groups is 1. The fraction of sp³-hybridized carbons (Fsp3) is 0.464. The van der Waals surface area contributed by atoms with Crippen molar-refractivity contribution in [3.8, 4) is 34.5 Å². The number of nitrogens with zero attached hydrogens (tertiary/aromatic N) is 1. The molecule has 4 aromatic rings. The number of hydrogen-bond acceptors (Lipinski definition) is 24. The molecule has 0 radical (unpaired) electrons. The van der Waals surface area contributed by atoms with Crippen molar-refractivity contribution in [2.45, 2.75) is 132 Å². The number of phenolic OH excluding ortho intramolecular Hbond substituents is 4. The first kappa shape index (κ1) is 59.3. The zero-order valence-corrected chi connectivity index (χ0v) is 43.5. The van der Waals surface area contributed by atoms with E-state index in [9.17, 15) is 75.0 Å². The van der Waals surface area contributed by atoms with Gasteiger partial charge < -0.3 is 91.0 Å². The van der Waals surface area contributed by atoms with E-state index < -0.39 is 173 Å². The van der Waals surface area contributed by atoms with Crippen molar-refractivity contribution in [3.63, 3.8) is 0 Å². The Balaban J connectivity index is 0.000000208. The number of hydrogen-bond donors (Lipinski definition) is 12. The van der Waals surface area contributed by atoms with Crippen LogP contribution >= 0.6 is 0 Å². The molecular weight excluding hydrogens is 1050 g/mol. The number of ether oxygens (including phenoxy) is 6. The number of ketones is 5. The Bertz CT molecular complexity index is 3210. The zero-order chi connectivity index (χ0) is 57.5. The molecule has 80 heavy (non-hydrogen) atoms. The van der Waals surface area contributed by atoms with E-state index in [0.29, 0.717) is 0 Å². The quantitative estimate of drug-likeness (QED) is 0.0676. The highest BCUT2D eigenvalue weighted by Crippen LogP contribution is 2.55. The minimum absolute atomic E-state index is 0. The van der Waals surface area contributed by atoms with E-state index in [1.165, 1.54) is 57.7 Å². The summed E-state index contributed by atoms with van der Waals surface area (Å²) in [5.41, 5.74) is 5.67. The number of benzene rings is 4. The molecule has 6 aliphatic rings. The van der Waals surface area contributed by atoms with Crippen LogP contribution in [0.1, 0.15) is 145 Å². The van der Waals surface area contributed by atoms with Gasteiger partial charge in [-0.05, 0) is 26.0 Å². The molecule has 430 valence electrons. The normalized spacial score (nSPS) is 29.5. The number of aliphatic hydroxyl groups is 6. The predicted octanol–water partition coefficient (Wildman–Crippen LogP) is 1.14. The van der Waals surface area contributed by atoms with Crippen molar-refractivity contribution in [3.05, 3.63) is 103 Å². The van der Waals surface area contributed by atoms with E-state index in [0.717, 1.165) is 0 Å². The molecule has 14 N–H and O–H groups in total. The smallest absolute Gasteiger partial charge is 0.202 e. The highest BCUT2D eigenvalue weighted by Gasteiger charge is 2.52. The fourth-order valence-electron chi connectivity index (χ4n) is 11.8. The van der Waals surface area contributed by atoms with Crippen LogP contribution < -0.4 is 20.9 Å². The Morgan fingerprint density at radius 3 is 1.38 bits per heavy atom. The lowest BCUT2D eigenvalue weighted by Crippen LogP contribution is -2.53. The van der Waals surface area contributed by atoms with Crippen LogP contribution in [-0.4, -0.2) is 180 Å². The molecule has 2 heterocycles. The summed E-state index contributed by atoms with van der Waals surface area (Å²) in [5.74, 6) is -6.26. The van der Waals surface area contributed by atoms with Crippen LogP contribution in [0.3, 0.4) is 0 Å². The van der Waals surface area contributed by atoms with Crippen LogP contribution in [0.2, 0.25) is 0 Å². The summed E-state index contributed by atoms with van der Waals surface area (Å²) in [6.07, 6.45) is -9.44. The second-order valence-electron chi connectivity index (χ2n) is 20.6. The van der Waals surface area contributed by atoms with Crippen LogP contribution in [0.4, 0.5) is 0 Å². The molecule has 10 rings (SSSR count). The third-order valence-corrected chi connectivity index (χ3v) is 15.9. The van der Waals surface area contributed by atoms with Crippen molar-refractivity contribution in [1.82, 2.24) is 0 Å². The van der Waals surface area contributed by atoms with Crippen molar-refractivity contribution < 1.29 is 103 Å². The molecule has 0 saturated carbocycles. The monoisotopic (exact) mass is 1120 g/mol. The maximum absolute atomic E-state index is 13.7. The number of aliphatic hydroxyl groups excluding tert-OH is 4. The van der Waals surface area contributed by atoms with Gasteiger partial charge >= 0.3 is 0 Å². The SMILES string of the molecule is C.CN=C(CO)[C@]1(O)Cc2c(O)c3c(c(O)c2[C@@H](OC2CC(N)C(O)C(C)O2)C1)C(=O)c1c(OC)cccc1C3=O.COc1cccc2c1C(=O)c1c(O)c3c(c(O)c1C2=O)C[C@@](O)(C(=O)CO)C[C@@H]3OC1CC(N)C(O)C(C)O1. The maximum atomic E-state index is 13.7. The molecule has 2 saturated heterocycles. The van der Waals surface area contributed by atoms with Gasteiger partial charge in [-0.2, -0.15) is 0 Å². The molecule has 2 aliphatic heterocycles.